The molecule has 4 rings (SSSR count). The number of alkyl halides is 3. The Hall–Kier alpha value is -2.94. The normalized spacial score (nSPS) is 21.8. The Morgan fingerprint density at radius 1 is 1.17 bits per heavy atom. The second-order valence-electron chi connectivity index (χ2n) is 7.70. The van der Waals surface area contributed by atoms with Crippen molar-refractivity contribution in [2.45, 2.75) is 31.5 Å². The largest absolute Gasteiger partial charge is 0.507 e. The number of halogens is 3. The van der Waals surface area contributed by atoms with Crippen LogP contribution in [0, 0.1) is 5.92 Å². The van der Waals surface area contributed by atoms with Crippen LogP contribution in [-0.2, 0) is 6.18 Å². The lowest BCUT2D eigenvalue weighted by Crippen LogP contribution is -2.43. The van der Waals surface area contributed by atoms with E-state index in [1.54, 1.807) is 25.4 Å². The quantitative estimate of drug-likeness (QED) is 0.609. The Morgan fingerprint density at radius 3 is 2.59 bits per heavy atom. The number of nitrogens with one attached hydrogen (secondary N) is 1. The molecule has 2 aromatic heterocycles. The average Bonchev–Trinajstić information content (AvgIpc) is 2.64. The highest BCUT2D eigenvalue weighted by molar-refractivity contribution is 6.00. The molecule has 9 heteroatoms. The van der Waals surface area contributed by atoms with Crippen molar-refractivity contribution in [2.75, 3.05) is 11.9 Å². The fourth-order valence-corrected chi connectivity index (χ4v) is 3.80. The first-order valence-electron chi connectivity index (χ1n) is 9.11. The summed E-state index contributed by atoms with van der Waals surface area (Å²) in [4.78, 5) is 4.10. The smallest absolute Gasteiger partial charge is 0.416 e. The molecule has 1 fully saturated rings. The summed E-state index contributed by atoms with van der Waals surface area (Å²) in [6, 6.07) is 4.44. The minimum atomic E-state index is -4.55. The predicted octanol–water partition coefficient (Wildman–Crippen LogP) is 3.99. The van der Waals surface area contributed by atoms with E-state index in [-0.39, 0.29) is 11.3 Å². The van der Waals surface area contributed by atoms with E-state index in [4.69, 9.17) is 0 Å². The van der Waals surface area contributed by atoms with Gasteiger partial charge >= 0.3 is 6.18 Å². The third kappa shape index (κ3) is 3.82. The van der Waals surface area contributed by atoms with Gasteiger partial charge in [-0.1, -0.05) is 0 Å². The van der Waals surface area contributed by atoms with Crippen molar-refractivity contribution < 1.29 is 23.4 Å². The number of aromatic nitrogens is 3. The van der Waals surface area contributed by atoms with E-state index in [9.17, 15) is 23.4 Å². The highest BCUT2D eigenvalue weighted by atomic mass is 19.4. The van der Waals surface area contributed by atoms with Crippen LogP contribution in [0.4, 0.5) is 19.0 Å². The topological polar surface area (TPSA) is 91.2 Å². The summed E-state index contributed by atoms with van der Waals surface area (Å²) in [5.74, 6) is 0.289. The SMILES string of the molecule is C[C@]1(O)C[C@@H](CNc2nnc(-c3ccc(C(F)(F)F)cc3O)c3ccncc23)C1. The van der Waals surface area contributed by atoms with Gasteiger partial charge in [0.2, 0.25) is 0 Å². The number of anilines is 1. The van der Waals surface area contributed by atoms with Gasteiger partial charge < -0.3 is 15.5 Å². The Kier molecular flexibility index (Phi) is 4.57. The van der Waals surface area contributed by atoms with Crippen LogP contribution < -0.4 is 5.32 Å². The minimum Gasteiger partial charge on any atom is -0.507 e. The summed E-state index contributed by atoms with van der Waals surface area (Å²) >= 11 is 0. The van der Waals surface area contributed by atoms with Crippen LogP contribution in [0.1, 0.15) is 25.3 Å². The zero-order valence-corrected chi connectivity index (χ0v) is 15.5. The molecule has 0 aliphatic heterocycles. The molecule has 2 heterocycles. The molecule has 29 heavy (non-hydrogen) atoms. The number of pyridine rings is 1. The van der Waals surface area contributed by atoms with Gasteiger partial charge in [-0.2, -0.15) is 13.2 Å². The number of aliphatic hydroxyl groups is 1. The van der Waals surface area contributed by atoms with Gasteiger partial charge in [0.05, 0.1) is 11.2 Å². The van der Waals surface area contributed by atoms with Crippen LogP contribution in [0.2, 0.25) is 0 Å². The second kappa shape index (κ2) is 6.84. The Morgan fingerprint density at radius 2 is 1.93 bits per heavy atom. The number of hydrogen-bond acceptors (Lipinski definition) is 6. The highest BCUT2D eigenvalue weighted by Gasteiger charge is 2.38. The fraction of sp³-hybridized carbons (Fsp3) is 0.350. The molecule has 0 atom stereocenters. The average molecular weight is 404 g/mol. The van der Waals surface area contributed by atoms with Gasteiger partial charge in [0, 0.05) is 35.3 Å². The van der Waals surface area contributed by atoms with Crippen LogP contribution >= 0.6 is 0 Å². The van der Waals surface area contributed by atoms with E-state index in [1.807, 2.05) is 0 Å². The third-order valence-electron chi connectivity index (χ3n) is 5.18. The Bertz CT molecular complexity index is 1060. The molecule has 0 saturated heterocycles. The maximum Gasteiger partial charge on any atom is 0.416 e. The van der Waals surface area contributed by atoms with Crippen molar-refractivity contribution in [1.82, 2.24) is 15.2 Å². The number of nitrogens with zero attached hydrogens (tertiary/aromatic N) is 3. The van der Waals surface area contributed by atoms with Crippen molar-refractivity contribution in [3.63, 3.8) is 0 Å². The lowest BCUT2D eigenvalue weighted by Gasteiger charge is -2.41. The van der Waals surface area contributed by atoms with Gasteiger partial charge in [-0.25, -0.2) is 0 Å². The van der Waals surface area contributed by atoms with Crippen LogP contribution in [0.25, 0.3) is 22.0 Å². The molecule has 0 radical (unpaired) electrons. The number of phenolic OH excluding ortho intramolecular Hbond substituents is 1. The predicted molar refractivity (Wildman–Crippen MR) is 101 cm³/mol. The summed E-state index contributed by atoms with van der Waals surface area (Å²) in [6.45, 7) is 2.41. The molecule has 3 aromatic rings. The zero-order valence-electron chi connectivity index (χ0n) is 15.5. The lowest BCUT2D eigenvalue weighted by molar-refractivity contribution is -0.137. The molecule has 0 amide bonds. The Labute approximate surface area is 164 Å². The summed E-state index contributed by atoms with van der Waals surface area (Å²) in [7, 11) is 0. The molecule has 3 N–H and O–H groups in total. The number of phenols is 1. The summed E-state index contributed by atoms with van der Waals surface area (Å²) < 4.78 is 38.6. The van der Waals surface area contributed by atoms with Crippen molar-refractivity contribution >= 4 is 16.6 Å². The van der Waals surface area contributed by atoms with Crippen LogP contribution in [-0.4, -0.2) is 37.5 Å². The van der Waals surface area contributed by atoms with Crippen LogP contribution in [0.5, 0.6) is 5.75 Å². The summed E-state index contributed by atoms with van der Waals surface area (Å²) in [5.41, 5.74) is -1.13. The molecule has 0 bridgehead atoms. The van der Waals surface area contributed by atoms with Crippen molar-refractivity contribution in [3.05, 3.63) is 42.2 Å². The first-order valence-corrected chi connectivity index (χ1v) is 9.11. The van der Waals surface area contributed by atoms with E-state index in [0.717, 1.165) is 6.07 Å². The van der Waals surface area contributed by atoms with Crippen molar-refractivity contribution in [3.8, 4) is 17.0 Å². The number of hydrogen-bond donors (Lipinski definition) is 3. The van der Waals surface area contributed by atoms with E-state index >= 15 is 0 Å². The van der Waals surface area contributed by atoms with E-state index in [1.165, 1.54) is 6.07 Å². The zero-order chi connectivity index (χ0) is 20.8. The number of aromatic hydroxyl groups is 1. The van der Waals surface area contributed by atoms with E-state index < -0.39 is 23.1 Å². The lowest BCUT2D eigenvalue weighted by atomic mass is 9.72. The highest BCUT2D eigenvalue weighted by Crippen LogP contribution is 2.39. The molecule has 1 aliphatic carbocycles. The maximum atomic E-state index is 12.9. The van der Waals surface area contributed by atoms with Gasteiger partial charge in [-0.15, -0.1) is 10.2 Å². The van der Waals surface area contributed by atoms with E-state index in [0.29, 0.717) is 48.0 Å². The van der Waals surface area contributed by atoms with Gasteiger partial charge in [-0.3, -0.25) is 4.98 Å². The molecular formula is C20H19F3N4O2. The van der Waals surface area contributed by atoms with Crippen LogP contribution in [0.3, 0.4) is 0 Å². The van der Waals surface area contributed by atoms with Crippen molar-refractivity contribution in [2.24, 2.45) is 5.92 Å². The molecule has 1 saturated carbocycles. The molecule has 1 aromatic carbocycles. The molecule has 0 spiro atoms. The first-order chi connectivity index (χ1) is 13.6. The number of fused-ring (bicyclic) bond motifs is 1. The second-order valence-corrected chi connectivity index (χ2v) is 7.70. The van der Waals surface area contributed by atoms with Gasteiger partial charge in [-0.05, 0) is 49.9 Å². The monoisotopic (exact) mass is 404 g/mol. The molecule has 6 nitrogen and oxygen atoms in total. The molecule has 0 unspecified atom stereocenters. The Balaban J connectivity index is 1.67. The van der Waals surface area contributed by atoms with Gasteiger partial charge in [0.15, 0.2) is 5.82 Å². The third-order valence-corrected chi connectivity index (χ3v) is 5.18. The summed E-state index contributed by atoms with van der Waals surface area (Å²) in [5, 5.41) is 32.8. The minimum absolute atomic E-state index is 0.156. The van der Waals surface area contributed by atoms with Crippen molar-refractivity contribution in [1.29, 1.82) is 0 Å². The standard InChI is InChI=1S/C20H19F3N4O2/c1-19(29)7-11(8-19)9-25-18-15-10-24-5-4-13(15)17(26-27-18)14-3-2-12(6-16(14)28)20(21,22)23/h2-6,10-11,28-29H,7-9H2,1H3,(H,25,27)/t11-,19+. The molecule has 1 aliphatic rings. The van der Waals surface area contributed by atoms with Gasteiger partial charge in [0.1, 0.15) is 11.4 Å². The molecular weight excluding hydrogens is 385 g/mol. The number of benzene rings is 1. The maximum absolute atomic E-state index is 12.9. The van der Waals surface area contributed by atoms with Gasteiger partial charge in [0.25, 0.3) is 0 Å². The van der Waals surface area contributed by atoms with Crippen LogP contribution in [0.15, 0.2) is 36.7 Å². The fourth-order valence-electron chi connectivity index (χ4n) is 3.80. The van der Waals surface area contributed by atoms with E-state index in [2.05, 4.69) is 20.5 Å². The molecule has 152 valence electrons. The number of rotatable bonds is 4. The first kappa shape index (κ1) is 19.4. The summed E-state index contributed by atoms with van der Waals surface area (Å²) in [6.07, 6.45) is -0.0225.